The van der Waals surface area contributed by atoms with Crippen molar-refractivity contribution >= 4 is 22.4 Å². The van der Waals surface area contributed by atoms with Crippen LogP contribution in [0.25, 0.3) is 22.0 Å². The number of nitrogen functional groups attached to an aromatic ring is 1. The molecule has 5 heterocycles. The fourth-order valence-corrected chi connectivity index (χ4v) is 7.58. The van der Waals surface area contributed by atoms with E-state index in [4.69, 9.17) is 10.5 Å². The van der Waals surface area contributed by atoms with Gasteiger partial charge in [0.1, 0.15) is 24.1 Å². The second-order valence-electron chi connectivity index (χ2n) is 12.5. The molecule has 15 heteroatoms. The molecule has 0 aliphatic carbocycles. The molecule has 1 aromatic heterocycles. The number of rotatable bonds is 5. The number of benzene rings is 2. The molecule has 0 saturated carbocycles. The monoisotopic (exact) mass is 642 g/mol. The van der Waals surface area contributed by atoms with Gasteiger partial charge in [-0.1, -0.05) is 6.07 Å². The van der Waals surface area contributed by atoms with Crippen LogP contribution in [-0.4, -0.2) is 71.4 Å². The number of ether oxygens (including phenoxy) is 1. The van der Waals surface area contributed by atoms with Gasteiger partial charge in [-0.2, -0.15) is 36.3 Å². The molecule has 3 N–H and O–H groups in total. The van der Waals surface area contributed by atoms with Crippen LogP contribution < -0.4 is 20.7 Å². The van der Waals surface area contributed by atoms with E-state index in [0.717, 1.165) is 25.3 Å². The first kappa shape index (κ1) is 30.2. The Bertz CT molecular complexity index is 1640. The predicted molar refractivity (Wildman–Crippen MR) is 150 cm³/mol. The maximum atomic E-state index is 16.4. The zero-order valence-corrected chi connectivity index (χ0v) is 23.9. The molecule has 4 saturated heterocycles. The lowest BCUT2D eigenvalue weighted by Crippen LogP contribution is -2.51. The summed E-state index contributed by atoms with van der Waals surface area (Å²) in [6.07, 6.45) is -7.73. The molecule has 4 fully saturated rings. The number of hydrogen-bond donors (Lipinski definition) is 2. The lowest BCUT2D eigenvalue weighted by atomic mass is 9.94. The van der Waals surface area contributed by atoms with Crippen LogP contribution in [0.15, 0.2) is 24.3 Å². The predicted octanol–water partition coefficient (Wildman–Crippen LogP) is 5.95. The number of nitrogens with two attached hydrogens (primary N) is 1. The van der Waals surface area contributed by atoms with Crippen LogP contribution in [0.3, 0.4) is 0 Å². The van der Waals surface area contributed by atoms with Gasteiger partial charge in [0, 0.05) is 54.8 Å². The summed E-state index contributed by atoms with van der Waals surface area (Å²) >= 11 is 0. The summed E-state index contributed by atoms with van der Waals surface area (Å²) in [5.74, 6) is -0.855. The number of fused-ring (bicyclic) bond motifs is 4. The summed E-state index contributed by atoms with van der Waals surface area (Å²) in [5.41, 5.74) is -1.17. The molecule has 4 aliphatic rings. The summed E-state index contributed by atoms with van der Waals surface area (Å²) in [4.78, 5) is 12.9. The quantitative estimate of drug-likeness (QED) is 0.263. The molecular weight excluding hydrogens is 612 g/mol. The largest absolute Gasteiger partial charge is 0.461 e. The second-order valence-corrected chi connectivity index (χ2v) is 12.5. The average Bonchev–Trinajstić information content (AvgIpc) is 3.60. The van der Waals surface area contributed by atoms with Crippen LogP contribution in [0.2, 0.25) is 0 Å². The molecule has 3 aromatic rings. The minimum atomic E-state index is -5.25. The van der Waals surface area contributed by atoms with Crippen molar-refractivity contribution in [2.75, 3.05) is 43.4 Å². The standard InChI is InChI=1S/C30H30F8N6O/c31-15-10-28(6-1-7-44(28)11-15)14-45-27-41-25-19(26(42-27)43-12-16-2-3-17(13-43)40-16)5-4-18(24(25)32)20-8-23(39)22(30(36,37)38)9-21(20)29(33,34)35/h4-5,8-9,15-17,40H,1-3,6-7,10-14,39H2/t15-,16-,17+,28+/m1/s1. The van der Waals surface area contributed by atoms with Gasteiger partial charge >= 0.3 is 18.4 Å². The lowest BCUT2D eigenvalue weighted by Gasteiger charge is -2.34. The van der Waals surface area contributed by atoms with Crippen molar-refractivity contribution in [3.63, 3.8) is 0 Å². The zero-order valence-electron chi connectivity index (χ0n) is 23.9. The Morgan fingerprint density at radius 3 is 2.36 bits per heavy atom. The third kappa shape index (κ3) is 5.30. The van der Waals surface area contributed by atoms with E-state index in [1.165, 1.54) is 6.07 Å². The van der Waals surface area contributed by atoms with E-state index in [1.807, 2.05) is 9.80 Å². The summed E-state index contributed by atoms with van der Waals surface area (Å²) in [6, 6.07) is 2.95. The minimum absolute atomic E-state index is 0.0418. The van der Waals surface area contributed by atoms with Crippen molar-refractivity contribution in [3.05, 3.63) is 41.2 Å². The third-order valence-electron chi connectivity index (χ3n) is 9.60. The Kier molecular flexibility index (Phi) is 7.08. The topological polar surface area (TPSA) is 79.5 Å². The first-order valence-electron chi connectivity index (χ1n) is 14.8. The van der Waals surface area contributed by atoms with Crippen LogP contribution >= 0.6 is 0 Å². The van der Waals surface area contributed by atoms with E-state index in [2.05, 4.69) is 15.3 Å². The minimum Gasteiger partial charge on any atom is -0.461 e. The van der Waals surface area contributed by atoms with E-state index < -0.39 is 57.8 Å². The van der Waals surface area contributed by atoms with Gasteiger partial charge in [-0.05, 0) is 56.0 Å². The highest BCUT2D eigenvalue weighted by molar-refractivity contribution is 5.94. The number of piperazine rings is 1. The molecule has 2 bridgehead atoms. The number of nitrogens with one attached hydrogen (secondary N) is 1. The highest BCUT2D eigenvalue weighted by Gasteiger charge is 2.49. The Hall–Kier alpha value is -3.46. The molecule has 7 rings (SSSR count). The number of halogens is 8. The number of nitrogens with zero attached hydrogens (tertiary/aromatic N) is 4. The molecule has 4 aliphatic heterocycles. The summed E-state index contributed by atoms with van der Waals surface area (Å²) in [7, 11) is 0. The number of hydrogen-bond acceptors (Lipinski definition) is 7. The van der Waals surface area contributed by atoms with Crippen molar-refractivity contribution in [2.45, 2.75) is 68.3 Å². The molecule has 242 valence electrons. The molecule has 7 nitrogen and oxygen atoms in total. The highest BCUT2D eigenvalue weighted by atomic mass is 19.4. The van der Waals surface area contributed by atoms with Crippen molar-refractivity contribution in [1.29, 1.82) is 0 Å². The molecule has 2 aromatic carbocycles. The van der Waals surface area contributed by atoms with Crippen LogP contribution in [0.4, 0.5) is 46.6 Å². The number of aromatic nitrogens is 2. The maximum Gasteiger partial charge on any atom is 0.418 e. The molecule has 0 unspecified atom stereocenters. The molecule has 45 heavy (non-hydrogen) atoms. The molecule has 0 radical (unpaired) electrons. The van der Waals surface area contributed by atoms with Crippen LogP contribution in [0, 0.1) is 5.82 Å². The number of alkyl halides is 7. The first-order chi connectivity index (χ1) is 21.2. The second kappa shape index (κ2) is 10.5. The van der Waals surface area contributed by atoms with Crippen molar-refractivity contribution in [1.82, 2.24) is 20.2 Å². The van der Waals surface area contributed by atoms with Crippen LogP contribution in [0.1, 0.15) is 43.2 Å². The van der Waals surface area contributed by atoms with Crippen LogP contribution in [0.5, 0.6) is 6.01 Å². The van der Waals surface area contributed by atoms with Crippen LogP contribution in [-0.2, 0) is 12.4 Å². The van der Waals surface area contributed by atoms with Crippen molar-refractivity contribution in [3.8, 4) is 17.1 Å². The highest BCUT2D eigenvalue weighted by Crippen LogP contribution is 2.46. The van der Waals surface area contributed by atoms with Gasteiger partial charge in [0.15, 0.2) is 5.82 Å². The fourth-order valence-electron chi connectivity index (χ4n) is 7.58. The molecule has 0 amide bonds. The van der Waals surface area contributed by atoms with E-state index in [0.29, 0.717) is 37.9 Å². The maximum absolute atomic E-state index is 16.4. The number of anilines is 2. The van der Waals surface area contributed by atoms with E-state index in [9.17, 15) is 30.7 Å². The van der Waals surface area contributed by atoms with E-state index >= 15 is 4.39 Å². The first-order valence-corrected chi connectivity index (χ1v) is 14.8. The lowest BCUT2D eigenvalue weighted by molar-refractivity contribution is -0.142. The van der Waals surface area contributed by atoms with Gasteiger partial charge in [-0.15, -0.1) is 0 Å². The van der Waals surface area contributed by atoms with Crippen molar-refractivity contribution < 1.29 is 39.9 Å². The third-order valence-corrected chi connectivity index (χ3v) is 9.60. The van der Waals surface area contributed by atoms with Gasteiger partial charge < -0.3 is 20.7 Å². The summed E-state index contributed by atoms with van der Waals surface area (Å²) in [6.45, 7) is 2.13. The summed E-state index contributed by atoms with van der Waals surface area (Å²) < 4.78 is 119. The molecular formula is C30H30F8N6O. The Balaban J connectivity index is 1.35. The average molecular weight is 643 g/mol. The Morgan fingerprint density at radius 2 is 1.67 bits per heavy atom. The van der Waals surface area contributed by atoms with Gasteiger partial charge in [0.2, 0.25) is 0 Å². The fraction of sp³-hybridized carbons (Fsp3) is 0.533. The Morgan fingerprint density at radius 1 is 0.956 bits per heavy atom. The van der Waals surface area contributed by atoms with E-state index in [-0.39, 0.29) is 54.6 Å². The molecule has 0 spiro atoms. The van der Waals surface area contributed by atoms with Gasteiger partial charge in [0.25, 0.3) is 0 Å². The SMILES string of the molecule is Nc1cc(-c2ccc3c(N4C[C@H]5CC[C@@H](C4)N5)nc(OC[C@@]45CCCN4C[C@H](F)C5)nc3c2F)c(C(F)(F)F)cc1C(F)(F)F. The summed E-state index contributed by atoms with van der Waals surface area (Å²) in [5, 5.41) is 3.71. The van der Waals surface area contributed by atoms with Gasteiger partial charge in [-0.3, -0.25) is 4.90 Å². The zero-order chi connectivity index (χ0) is 31.9. The Labute approximate surface area is 252 Å². The molecule has 4 atom stereocenters. The van der Waals surface area contributed by atoms with Gasteiger partial charge in [-0.25, -0.2) is 8.78 Å². The van der Waals surface area contributed by atoms with E-state index in [1.54, 1.807) is 0 Å². The normalized spacial score (nSPS) is 27.0. The van der Waals surface area contributed by atoms with Crippen molar-refractivity contribution in [2.24, 2.45) is 0 Å². The smallest absolute Gasteiger partial charge is 0.418 e. The van der Waals surface area contributed by atoms with Gasteiger partial charge in [0.05, 0.1) is 16.7 Å².